The van der Waals surface area contributed by atoms with Gasteiger partial charge < -0.3 is 14.0 Å². The van der Waals surface area contributed by atoms with Gasteiger partial charge in [0.25, 0.3) is 0 Å². The SMILES string of the molecule is [2H]C[C@H]1O[C@@H]([3H])C[C@@H]1O[P@]1(=O)CCC[C@@H]([C@H]2O[C@@H]([3H])C[C@@H]2C)C1. The fourth-order valence-electron chi connectivity index (χ4n) is 3.53. The fraction of sp³-hybridized carbons (Fsp3) is 1.00. The lowest BCUT2D eigenvalue weighted by molar-refractivity contribution is 0.0420. The van der Waals surface area contributed by atoms with Gasteiger partial charge in [-0.15, -0.1) is 0 Å². The van der Waals surface area contributed by atoms with Crippen LogP contribution in [0.25, 0.3) is 0 Å². The third kappa shape index (κ3) is 3.14. The molecule has 0 aromatic carbocycles. The maximum Gasteiger partial charge on any atom is 0.203 e. The lowest BCUT2D eigenvalue weighted by Crippen LogP contribution is -2.32. The molecule has 0 N–H and O–H groups in total. The Hall–Kier alpha value is 0.110. The van der Waals surface area contributed by atoms with Gasteiger partial charge in [-0.05, 0) is 44.4 Å². The minimum Gasteiger partial charge on any atom is -0.378 e. The summed E-state index contributed by atoms with van der Waals surface area (Å²) in [6, 6.07) is 0. The molecule has 3 aliphatic heterocycles. The smallest absolute Gasteiger partial charge is 0.203 e. The lowest BCUT2D eigenvalue weighted by Gasteiger charge is -2.35. The van der Waals surface area contributed by atoms with E-state index in [1.807, 2.05) is 0 Å². The topological polar surface area (TPSA) is 44.8 Å². The van der Waals surface area contributed by atoms with E-state index >= 15 is 0 Å². The highest BCUT2D eigenvalue weighted by Crippen LogP contribution is 2.56. The summed E-state index contributed by atoms with van der Waals surface area (Å²) in [5, 5.41) is 0. The van der Waals surface area contributed by atoms with E-state index in [-0.39, 0.29) is 18.9 Å². The molecule has 0 bridgehead atoms. The average molecular weight is 307 g/mol. The van der Waals surface area contributed by atoms with Gasteiger partial charge in [0, 0.05) is 26.9 Å². The van der Waals surface area contributed by atoms with Crippen LogP contribution >= 0.6 is 7.37 Å². The van der Waals surface area contributed by atoms with Crippen molar-refractivity contribution in [1.29, 1.82) is 0 Å². The highest BCUT2D eigenvalue weighted by Gasteiger charge is 2.42. The van der Waals surface area contributed by atoms with Crippen LogP contribution in [-0.2, 0) is 18.6 Å². The molecule has 3 heterocycles. The summed E-state index contributed by atoms with van der Waals surface area (Å²) in [5.41, 5.74) is 0. The van der Waals surface area contributed by atoms with Gasteiger partial charge in [0.1, 0.15) is 0 Å². The average Bonchev–Trinajstić information content (AvgIpc) is 3.00. The van der Waals surface area contributed by atoms with E-state index in [0.29, 0.717) is 24.7 Å². The molecule has 0 aromatic heterocycles. The Morgan fingerprint density at radius 1 is 1.35 bits per heavy atom. The van der Waals surface area contributed by atoms with Gasteiger partial charge in [-0.25, -0.2) is 0 Å². The molecule has 3 rings (SSSR count). The van der Waals surface area contributed by atoms with E-state index in [2.05, 4.69) is 6.92 Å². The largest absolute Gasteiger partial charge is 0.378 e. The van der Waals surface area contributed by atoms with Gasteiger partial charge in [0.2, 0.25) is 7.37 Å². The molecule has 116 valence electrons. The molecule has 0 radical (unpaired) electrons. The molecule has 20 heavy (non-hydrogen) atoms. The quantitative estimate of drug-likeness (QED) is 0.751. The van der Waals surface area contributed by atoms with Gasteiger partial charge in [0.05, 0.1) is 21.1 Å². The first-order chi connectivity index (χ1) is 10.9. The monoisotopic (exact) mass is 307 g/mol. The molecule has 3 aliphatic rings. The second-order valence-corrected chi connectivity index (χ2v) is 8.98. The summed E-state index contributed by atoms with van der Waals surface area (Å²) in [6.45, 7) is 1.000. The summed E-state index contributed by atoms with van der Waals surface area (Å²) in [7, 11) is -2.78. The third-order valence-corrected chi connectivity index (χ3v) is 7.35. The summed E-state index contributed by atoms with van der Waals surface area (Å²) >= 11 is 0. The number of rotatable bonds is 3. The highest BCUT2D eigenvalue weighted by molar-refractivity contribution is 7.59. The van der Waals surface area contributed by atoms with Crippen LogP contribution in [0, 0.1) is 11.8 Å². The van der Waals surface area contributed by atoms with E-state index in [0.717, 1.165) is 19.3 Å². The molecule has 0 aliphatic carbocycles. The Morgan fingerprint density at radius 2 is 2.20 bits per heavy atom. The van der Waals surface area contributed by atoms with Gasteiger partial charge in [-0.2, -0.15) is 0 Å². The Bertz CT molecular complexity index is 466. The molecular weight excluding hydrogens is 275 g/mol. The maximum atomic E-state index is 13.2. The standard InChI is InChI=1S/C15H27O4P/c1-11-5-7-18-15(11)13-4-3-9-20(16,10-13)19-14-6-8-17-12(14)2/h11-15H,3-10H2,1-2H3/t11-,12+,13+,14-,15-,20+/m0/s1/i2D,7T,8T/t7-,8-,11-,12+,13+,14-,15-,20+. The van der Waals surface area contributed by atoms with Crippen LogP contribution in [0.3, 0.4) is 0 Å². The molecule has 0 aromatic rings. The zero-order valence-corrected chi connectivity index (χ0v) is 13.0. The Morgan fingerprint density at radius 3 is 2.95 bits per heavy atom. The maximum absolute atomic E-state index is 13.2. The minimum atomic E-state index is -2.78. The van der Waals surface area contributed by atoms with E-state index in [1.54, 1.807) is 0 Å². The Balaban J connectivity index is 1.64. The number of hydrogen-bond acceptors (Lipinski definition) is 4. The van der Waals surface area contributed by atoms with Crippen molar-refractivity contribution in [2.75, 3.05) is 25.5 Å². The fourth-order valence-corrected chi connectivity index (χ4v) is 6.39. The van der Waals surface area contributed by atoms with Crippen LogP contribution in [0.15, 0.2) is 0 Å². The zero-order chi connectivity index (χ0) is 16.6. The van der Waals surface area contributed by atoms with Crippen LogP contribution in [-0.4, -0.2) is 43.8 Å². The van der Waals surface area contributed by atoms with E-state index in [1.165, 1.54) is 0 Å². The number of hydrogen-bond donors (Lipinski definition) is 0. The van der Waals surface area contributed by atoms with Crippen molar-refractivity contribution in [3.8, 4) is 0 Å². The number of ether oxygens (including phenoxy) is 2. The van der Waals surface area contributed by atoms with Crippen LogP contribution in [0.4, 0.5) is 0 Å². The first-order valence-corrected chi connectivity index (χ1v) is 9.61. The zero-order valence-electron chi connectivity index (χ0n) is 15.1. The molecule has 0 saturated carbocycles. The van der Waals surface area contributed by atoms with Gasteiger partial charge >= 0.3 is 0 Å². The molecule has 0 spiro atoms. The van der Waals surface area contributed by atoms with Crippen molar-refractivity contribution in [2.45, 2.75) is 57.8 Å². The molecule has 8 atom stereocenters. The second-order valence-electron chi connectivity index (χ2n) is 6.32. The summed E-state index contributed by atoms with van der Waals surface area (Å²) < 4.78 is 53.2. The lowest BCUT2D eigenvalue weighted by atomic mass is 9.90. The normalized spacial score (nSPS) is 59.0. The van der Waals surface area contributed by atoms with Crippen LogP contribution in [0.2, 0.25) is 0 Å². The molecule has 5 heteroatoms. The van der Waals surface area contributed by atoms with Crippen molar-refractivity contribution in [2.24, 2.45) is 11.8 Å². The van der Waals surface area contributed by atoms with E-state index in [4.69, 9.17) is 18.1 Å². The van der Waals surface area contributed by atoms with E-state index < -0.39 is 32.7 Å². The minimum absolute atomic E-state index is 0.00505. The van der Waals surface area contributed by atoms with E-state index in [9.17, 15) is 4.57 Å². The molecule has 0 unspecified atom stereocenters. The first kappa shape index (κ1) is 11.6. The summed E-state index contributed by atoms with van der Waals surface area (Å²) in [5.74, 6) is 0.506. The first-order valence-electron chi connectivity index (χ1n) is 9.47. The molecule has 0 amide bonds. The van der Waals surface area contributed by atoms with Crippen LogP contribution < -0.4 is 0 Å². The Kier molecular flexibility index (Phi) is 3.54. The molecule has 3 fully saturated rings. The van der Waals surface area contributed by atoms with Crippen molar-refractivity contribution >= 4 is 7.37 Å². The molecule has 3 saturated heterocycles. The molecule has 4 nitrogen and oxygen atoms in total. The molecular formula is C15H27O4P. The second kappa shape index (κ2) is 6.08. The third-order valence-electron chi connectivity index (χ3n) is 4.67. The van der Waals surface area contributed by atoms with Crippen LogP contribution in [0.1, 0.15) is 43.6 Å². The van der Waals surface area contributed by atoms with Crippen molar-refractivity contribution in [3.05, 3.63) is 0 Å². The van der Waals surface area contributed by atoms with Crippen molar-refractivity contribution in [1.82, 2.24) is 0 Å². The predicted octanol–water partition coefficient (Wildman–Crippen LogP) is 3.29. The van der Waals surface area contributed by atoms with Crippen LogP contribution in [0.5, 0.6) is 0 Å². The highest BCUT2D eigenvalue weighted by atomic mass is 31.2. The van der Waals surface area contributed by atoms with Crippen molar-refractivity contribution < 1.29 is 22.7 Å². The summed E-state index contributed by atoms with van der Waals surface area (Å²) in [4.78, 5) is 0. The van der Waals surface area contributed by atoms with Gasteiger partial charge in [0.15, 0.2) is 0 Å². The Labute approximate surface area is 126 Å². The van der Waals surface area contributed by atoms with Gasteiger partial charge in [-0.3, -0.25) is 4.57 Å². The summed E-state index contributed by atoms with van der Waals surface area (Å²) in [6.07, 6.45) is 3.18. The predicted molar refractivity (Wildman–Crippen MR) is 78.5 cm³/mol. The van der Waals surface area contributed by atoms with Gasteiger partial charge in [-0.1, -0.05) is 6.92 Å². The van der Waals surface area contributed by atoms with Crippen molar-refractivity contribution in [3.63, 3.8) is 0 Å².